The predicted octanol–water partition coefficient (Wildman–Crippen LogP) is 2.64. The first-order valence-electron chi connectivity index (χ1n) is 3.75. The van der Waals surface area contributed by atoms with Crippen molar-refractivity contribution in [3.05, 3.63) is 11.9 Å². The lowest BCUT2D eigenvalue weighted by Gasteiger charge is -1.97. The fourth-order valence-corrected chi connectivity index (χ4v) is 1.61. The molecule has 0 aromatic rings. The number of hydrogen-bond donors (Lipinski definition) is 0. The Morgan fingerprint density at radius 2 is 2.45 bits per heavy atom. The Balaban J connectivity index is 2.59. The van der Waals surface area contributed by atoms with Crippen molar-refractivity contribution in [3.63, 3.8) is 0 Å². The number of allylic oxidation sites excluding steroid dienone is 1. The number of nitrogens with zero attached hydrogens (tertiary/aromatic N) is 1. The van der Waals surface area contributed by atoms with Crippen LogP contribution < -0.4 is 0 Å². The summed E-state index contributed by atoms with van der Waals surface area (Å²) in [7, 11) is 0. The maximum atomic E-state index is 13.1. The molecule has 0 fully saturated rings. The summed E-state index contributed by atoms with van der Waals surface area (Å²) in [6.07, 6.45) is 1.61. The molecule has 3 heteroatoms. The highest BCUT2D eigenvalue weighted by molar-refractivity contribution is 8.14. The van der Waals surface area contributed by atoms with Gasteiger partial charge in [-0.05, 0) is 12.0 Å². The Kier molecular flexibility index (Phi) is 3.12. The highest BCUT2D eigenvalue weighted by atomic mass is 32.2. The summed E-state index contributed by atoms with van der Waals surface area (Å²) >= 11 is 1.50. The van der Waals surface area contributed by atoms with Gasteiger partial charge >= 0.3 is 0 Å². The van der Waals surface area contributed by atoms with Crippen molar-refractivity contribution in [1.29, 1.82) is 0 Å². The predicted molar refractivity (Wildman–Crippen MR) is 48.8 cm³/mol. The molecule has 0 unspecified atom stereocenters. The molecule has 0 bridgehead atoms. The summed E-state index contributed by atoms with van der Waals surface area (Å²) < 4.78 is 13.1. The fourth-order valence-electron chi connectivity index (χ4n) is 0.844. The van der Waals surface area contributed by atoms with E-state index in [9.17, 15) is 4.39 Å². The first-order chi connectivity index (χ1) is 5.20. The zero-order valence-corrected chi connectivity index (χ0v) is 7.62. The number of thioether (sulfide) groups is 1. The van der Waals surface area contributed by atoms with E-state index < -0.39 is 0 Å². The van der Waals surface area contributed by atoms with Crippen LogP contribution in [0.1, 0.15) is 13.8 Å². The van der Waals surface area contributed by atoms with Crippen LogP contribution in [0.3, 0.4) is 0 Å². The minimum Gasteiger partial charge on any atom is -0.275 e. The third-order valence-corrected chi connectivity index (χ3v) is 2.25. The molecule has 0 atom stereocenters. The van der Waals surface area contributed by atoms with Crippen LogP contribution in [0.2, 0.25) is 0 Å². The van der Waals surface area contributed by atoms with Gasteiger partial charge in [0.2, 0.25) is 0 Å². The minimum atomic E-state index is -0.150. The summed E-state index contributed by atoms with van der Waals surface area (Å²) in [4.78, 5) is 4.03. The highest BCUT2D eigenvalue weighted by Crippen LogP contribution is 2.20. The van der Waals surface area contributed by atoms with Crippen LogP contribution in [0.4, 0.5) is 4.39 Å². The number of halogens is 1. The Hall–Kier alpha value is -0.310. The van der Waals surface area contributed by atoms with E-state index >= 15 is 0 Å². The van der Waals surface area contributed by atoms with Crippen molar-refractivity contribution in [2.24, 2.45) is 10.9 Å². The van der Waals surface area contributed by atoms with Gasteiger partial charge in [0, 0.05) is 12.3 Å². The van der Waals surface area contributed by atoms with Crippen molar-refractivity contribution in [1.82, 2.24) is 0 Å². The highest BCUT2D eigenvalue weighted by Gasteiger charge is 2.11. The monoisotopic (exact) mass is 173 g/mol. The second-order valence-electron chi connectivity index (χ2n) is 2.79. The number of rotatable bonds is 2. The SMILES string of the molecule is CC(C)/C=C(/F)C1=NCCS1. The molecule has 1 aliphatic rings. The summed E-state index contributed by atoms with van der Waals surface area (Å²) in [5.41, 5.74) is 0. The average molecular weight is 173 g/mol. The van der Waals surface area contributed by atoms with Crippen molar-refractivity contribution in [3.8, 4) is 0 Å². The number of hydrogen-bond acceptors (Lipinski definition) is 2. The van der Waals surface area contributed by atoms with Gasteiger partial charge in [-0.25, -0.2) is 4.39 Å². The van der Waals surface area contributed by atoms with Crippen molar-refractivity contribution in [2.45, 2.75) is 13.8 Å². The quantitative estimate of drug-likeness (QED) is 0.625. The molecular weight excluding hydrogens is 161 g/mol. The van der Waals surface area contributed by atoms with E-state index in [0.717, 1.165) is 12.3 Å². The van der Waals surface area contributed by atoms with Gasteiger partial charge in [0.1, 0.15) is 5.04 Å². The standard InChI is InChI=1S/C8H12FNS/c1-6(2)5-7(9)8-10-3-4-11-8/h5-6H,3-4H2,1-2H3/b7-5+. The summed E-state index contributed by atoms with van der Waals surface area (Å²) in [5, 5.41) is 0.582. The van der Waals surface area contributed by atoms with Gasteiger partial charge in [-0.3, -0.25) is 4.99 Å². The van der Waals surface area contributed by atoms with E-state index in [1.165, 1.54) is 11.8 Å². The zero-order valence-electron chi connectivity index (χ0n) is 6.80. The summed E-state index contributed by atoms with van der Waals surface area (Å²) in [5.74, 6) is 1.04. The van der Waals surface area contributed by atoms with Crippen LogP contribution >= 0.6 is 11.8 Å². The topological polar surface area (TPSA) is 12.4 Å². The van der Waals surface area contributed by atoms with Crippen molar-refractivity contribution in [2.75, 3.05) is 12.3 Å². The second kappa shape index (κ2) is 3.90. The molecule has 0 spiro atoms. The fraction of sp³-hybridized carbons (Fsp3) is 0.625. The first kappa shape index (κ1) is 8.78. The molecule has 1 aliphatic heterocycles. The molecule has 0 aromatic heterocycles. The molecule has 0 aromatic carbocycles. The van der Waals surface area contributed by atoms with Crippen LogP contribution in [-0.4, -0.2) is 17.3 Å². The third kappa shape index (κ3) is 2.66. The molecule has 0 saturated carbocycles. The van der Waals surface area contributed by atoms with Crippen LogP contribution in [0, 0.1) is 5.92 Å². The molecule has 1 heterocycles. The van der Waals surface area contributed by atoms with Crippen LogP contribution in [-0.2, 0) is 0 Å². The van der Waals surface area contributed by atoms with Gasteiger partial charge in [0.15, 0.2) is 5.83 Å². The van der Waals surface area contributed by atoms with E-state index in [1.807, 2.05) is 13.8 Å². The second-order valence-corrected chi connectivity index (χ2v) is 3.88. The zero-order chi connectivity index (χ0) is 8.27. The van der Waals surface area contributed by atoms with Crippen molar-refractivity contribution >= 4 is 16.8 Å². The normalized spacial score (nSPS) is 19.3. The lowest BCUT2D eigenvalue weighted by Crippen LogP contribution is -1.91. The molecule has 11 heavy (non-hydrogen) atoms. The molecule has 0 amide bonds. The van der Waals surface area contributed by atoms with E-state index in [4.69, 9.17) is 0 Å². The van der Waals surface area contributed by atoms with Gasteiger partial charge < -0.3 is 0 Å². The van der Waals surface area contributed by atoms with Crippen molar-refractivity contribution < 1.29 is 4.39 Å². The smallest absolute Gasteiger partial charge is 0.151 e. The van der Waals surface area contributed by atoms with E-state index in [2.05, 4.69) is 4.99 Å². The maximum Gasteiger partial charge on any atom is 0.151 e. The molecule has 0 radical (unpaired) electrons. The van der Waals surface area contributed by atoms with Gasteiger partial charge in [-0.15, -0.1) is 11.8 Å². The molecule has 1 rings (SSSR count). The summed E-state index contributed by atoms with van der Waals surface area (Å²) in [6.45, 7) is 4.68. The molecule has 0 saturated heterocycles. The maximum absolute atomic E-state index is 13.1. The lowest BCUT2D eigenvalue weighted by atomic mass is 10.2. The van der Waals surface area contributed by atoms with Crippen LogP contribution in [0.25, 0.3) is 0 Å². The van der Waals surface area contributed by atoms with Gasteiger partial charge in [-0.1, -0.05) is 13.8 Å². The minimum absolute atomic E-state index is 0.150. The Labute approximate surface area is 70.8 Å². The molecular formula is C8H12FNS. The average Bonchev–Trinajstić information content (AvgIpc) is 2.35. The van der Waals surface area contributed by atoms with Gasteiger partial charge in [0.05, 0.1) is 0 Å². The molecule has 0 aliphatic carbocycles. The van der Waals surface area contributed by atoms with Crippen LogP contribution in [0.5, 0.6) is 0 Å². The Morgan fingerprint density at radius 3 is 2.91 bits per heavy atom. The molecule has 62 valence electrons. The van der Waals surface area contributed by atoms with Gasteiger partial charge in [0.25, 0.3) is 0 Å². The van der Waals surface area contributed by atoms with Crippen LogP contribution in [0.15, 0.2) is 16.9 Å². The lowest BCUT2D eigenvalue weighted by molar-refractivity contribution is 0.661. The Bertz CT molecular complexity index is 196. The van der Waals surface area contributed by atoms with E-state index in [-0.39, 0.29) is 11.7 Å². The largest absolute Gasteiger partial charge is 0.275 e. The third-order valence-electron chi connectivity index (χ3n) is 1.27. The molecule has 1 nitrogen and oxygen atoms in total. The van der Waals surface area contributed by atoms with E-state index in [1.54, 1.807) is 6.08 Å². The number of aliphatic imine (C=N–C) groups is 1. The van der Waals surface area contributed by atoms with Gasteiger partial charge in [-0.2, -0.15) is 0 Å². The molecule has 0 N–H and O–H groups in total. The summed E-state index contributed by atoms with van der Waals surface area (Å²) in [6, 6.07) is 0. The van der Waals surface area contributed by atoms with E-state index in [0.29, 0.717) is 5.04 Å². The Morgan fingerprint density at radius 1 is 1.73 bits per heavy atom. The first-order valence-corrected chi connectivity index (χ1v) is 4.73.